The van der Waals surface area contributed by atoms with Gasteiger partial charge in [-0.3, -0.25) is 0 Å². The minimum atomic E-state index is -1.08. The highest BCUT2D eigenvalue weighted by molar-refractivity contribution is 7.14. The molecule has 2 rings (SSSR count). The standard InChI is InChI=1S/C7H5N3O2S2/c11-7(12)10(5-3-13-4-9-5)6-8-1-2-14-6/h1-4H,(H,11,12). The first kappa shape index (κ1) is 9.10. The van der Waals surface area contributed by atoms with E-state index in [2.05, 4.69) is 9.97 Å². The van der Waals surface area contributed by atoms with E-state index in [-0.39, 0.29) is 0 Å². The summed E-state index contributed by atoms with van der Waals surface area (Å²) < 4.78 is 0. The van der Waals surface area contributed by atoms with Crippen LogP contribution < -0.4 is 4.90 Å². The van der Waals surface area contributed by atoms with E-state index in [4.69, 9.17) is 5.11 Å². The van der Waals surface area contributed by atoms with Crippen molar-refractivity contribution < 1.29 is 9.90 Å². The second kappa shape index (κ2) is 3.72. The SMILES string of the molecule is O=C(O)N(c1cscn1)c1nccs1. The van der Waals surface area contributed by atoms with E-state index in [0.717, 1.165) is 4.90 Å². The van der Waals surface area contributed by atoms with Crippen LogP contribution in [0.3, 0.4) is 0 Å². The molecule has 0 aliphatic heterocycles. The number of carbonyl (C=O) groups is 1. The molecule has 0 atom stereocenters. The van der Waals surface area contributed by atoms with Crippen LogP contribution >= 0.6 is 22.7 Å². The lowest BCUT2D eigenvalue weighted by molar-refractivity contribution is 0.204. The summed E-state index contributed by atoms with van der Waals surface area (Å²) in [5, 5.41) is 12.8. The number of nitrogens with zero attached hydrogens (tertiary/aromatic N) is 3. The number of thiazole rings is 2. The quantitative estimate of drug-likeness (QED) is 0.855. The third kappa shape index (κ3) is 1.59. The van der Waals surface area contributed by atoms with Crippen LogP contribution in [0.4, 0.5) is 15.7 Å². The lowest BCUT2D eigenvalue weighted by atomic mass is 10.6. The van der Waals surface area contributed by atoms with Gasteiger partial charge in [0.25, 0.3) is 0 Å². The molecule has 2 aromatic rings. The number of carboxylic acid groups (broad SMARTS) is 1. The summed E-state index contributed by atoms with van der Waals surface area (Å²) in [7, 11) is 0. The molecule has 0 saturated carbocycles. The van der Waals surface area contributed by atoms with Gasteiger partial charge in [0.15, 0.2) is 5.82 Å². The lowest BCUT2D eigenvalue weighted by Crippen LogP contribution is -2.23. The molecule has 72 valence electrons. The van der Waals surface area contributed by atoms with Crippen molar-refractivity contribution in [3.8, 4) is 0 Å². The van der Waals surface area contributed by atoms with E-state index < -0.39 is 6.09 Å². The van der Waals surface area contributed by atoms with E-state index in [1.54, 1.807) is 22.5 Å². The zero-order chi connectivity index (χ0) is 9.97. The fraction of sp³-hybridized carbons (Fsp3) is 0. The zero-order valence-corrected chi connectivity index (χ0v) is 8.46. The van der Waals surface area contributed by atoms with E-state index >= 15 is 0 Å². The molecule has 0 aromatic carbocycles. The van der Waals surface area contributed by atoms with Crippen molar-refractivity contribution in [2.24, 2.45) is 0 Å². The molecule has 0 fully saturated rings. The van der Waals surface area contributed by atoms with Gasteiger partial charge in [-0.05, 0) is 0 Å². The van der Waals surface area contributed by atoms with Gasteiger partial charge in [-0.15, -0.1) is 22.7 Å². The first-order valence-corrected chi connectivity index (χ1v) is 5.42. The Balaban J connectivity index is 2.40. The van der Waals surface area contributed by atoms with Crippen LogP contribution in [0, 0.1) is 0 Å². The topological polar surface area (TPSA) is 66.3 Å². The minimum absolute atomic E-state index is 0.387. The molecule has 0 bridgehead atoms. The molecule has 0 radical (unpaired) electrons. The Bertz CT molecular complexity index is 378. The summed E-state index contributed by atoms with van der Waals surface area (Å²) >= 11 is 2.60. The number of anilines is 2. The molecule has 2 heterocycles. The monoisotopic (exact) mass is 227 g/mol. The van der Waals surface area contributed by atoms with Crippen LogP contribution in [0.15, 0.2) is 22.5 Å². The average molecular weight is 227 g/mol. The number of amides is 1. The van der Waals surface area contributed by atoms with Gasteiger partial charge in [-0.25, -0.2) is 19.7 Å². The van der Waals surface area contributed by atoms with Crippen LogP contribution in [0.2, 0.25) is 0 Å². The molecule has 0 unspecified atom stereocenters. The Morgan fingerprint density at radius 2 is 2.36 bits per heavy atom. The van der Waals surface area contributed by atoms with Crippen molar-refractivity contribution in [3.63, 3.8) is 0 Å². The van der Waals surface area contributed by atoms with Gasteiger partial charge in [0.05, 0.1) is 5.51 Å². The van der Waals surface area contributed by atoms with Gasteiger partial charge in [0.1, 0.15) is 0 Å². The lowest BCUT2D eigenvalue weighted by Gasteiger charge is -2.11. The maximum atomic E-state index is 11.0. The first-order valence-electron chi connectivity index (χ1n) is 3.60. The van der Waals surface area contributed by atoms with Gasteiger partial charge >= 0.3 is 6.09 Å². The van der Waals surface area contributed by atoms with Crippen molar-refractivity contribution in [2.45, 2.75) is 0 Å². The molecule has 1 N–H and O–H groups in total. The summed E-state index contributed by atoms with van der Waals surface area (Å²) in [6.45, 7) is 0. The highest BCUT2D eigenvalue weighted by Crippen LogP contribution is 2.26. The highest BCUT2D eigenvalue weighted by Gasteiger charge is 2.20. The number of rotatable bonds is 2. The third-order valence-corrected chi connectivity index (χ3v) is 2.78. The van der Waals surface area contributed by atoms with Crippen LogP contribution in [0.1, 0.15) is 0 Å². The van der Waals surface area contributed by atoms with Gasteiger partial charge in [-0.1, -0.05) is 0 Å². The molecule has 7 heteroatoms. The minimum Gasteiger partial charge on any atom is -0.464 e. The second-order valence-electron chi connectivity index (χ2n) is 2.28. The molecule has 0 saturated heterocycles. The number of aromatic nitrogens is 2. The van der Waals surface area contributed by atoms with Gasteiger partial charge in [0, 0.05) is 17.0 Å². The summed E-state index contributed by atoms with van der Waals surface area (Å²) in [4.78, 5) is 19.9. The summed E-state index contributed by atoms with van der Waals surface area (Å²) in [5.74, 6) is 0.387. The summed E-state index contributed by atoms with van der Waals surface area (Å²) in [5.41, 5.74) is 1.58. The van der Waals surface area contributed by atoms with Crippen LogP contribution in [0.5, 0.6) is 0 Å². The summed E-state index contributed by atoms with van der Waals surface area (Å²) in [6.07, 6.45) is 0.480. The molecule has 1 amide bonds. The first-order chi connectivity index (χ1) is 6.79. The molecule has 0 aliphatic rings. The molecule has 0 aliphatic carbocycles. The van der Waals surface area contributed by atoms with E-state index in [0.29, 0.717) is 10.9 Å². The Kier molecular flexibility index (Phi) is 2.42. The van der Waals surface area contributed by atoms with Crippen LogP contribution in [0.25, 0.3) is 0 Å². The van der Waals surface area contributed by atoms with E-state index in [1.807, 2.05) is 0 Å². The predicted molar refractivity (Wildman–Crippen MR) is 54.4 cm³/mol. The summed E-state index contributed by atoms with van der Waals surface area (Å²) in [6, 6.07) is 0. The largest absolute Gasteiger partial charge is 0.464 e. The van der Waals surface area contributed by atoms with Crippen LogP contribution in [-0.4, -0.2) is 21.2 Å². The Labute approximate surface area is 87.3 Å². The highest BCUT2D eigenvalue weighted by atomic mass is 32.1. The molecule has 14 heavy (non-hydrogen) atoms. The average Bonchev–Trinajstić information content (AvgIpc) is 2.75. The van der Waals surface area contributed by atoms with Crippen molar-refractivity contribution in [1.82, 2.24) is 9.97 Å². The molecule has 5 nitrogen and oxygen atoms in total. The molecular formula is C7H5N3O2S2. The van der Waals surface area contributed by atoms with Crippen molar-refractivity contribution in [2.75, 3.05) is 4.90 Å². The van der Waals surface area contributed by atoms with Crippen molar-refractivity contribution >= 4 is 39.7 Å². The smallest absolute Gasteiger partial charge is 0.419 e. The predicted octanol–water partition coefficient (Wildman–Crippen LogP) is 2.42. The maximum Gasteiger partial charge on any atom is 0.419 e. The normalized spacial score (nSPS) is 10.0. The Morgan fingerprint density at radius 3 is 2.86 bits per heavy atom. The number of hydrogen-bond donors (Lipinski definition) is 1. The van der Waals surface area contributed by atoms with Crippen LogP contribution in [-0.2, 0) is 0 Å². The fourth-order valence-electron chi connectivity index (χ4n) is 0.921. The van der Waals surface area contributed by atoms with E-state index in [1.165, 1.54) is 22.7 Å². The van der Waals surface area contributed by atoms with Gasteiger partial charge < -0.3 is 5.11 Å². The zero-order valence-electron chi connectivity index (χ0n) is 6.82. The van der Waals surface area contributed by atoms with Crippen molar-refractivity contribution in [1.29, 1.82) is 0 Å². The number of hydrogen-bond acceptors (Lipinski definition) is 5. The maximum absolute atomic E-state index is 11.0. The molecule has 0 spiro atoms. The molecular weight excluding hydrogens is 222 g/mol. The molecule has 2 aromatic heterocycles. The van der Waals surface area contributed by atoms with Crippen molar-refractivity contribution in [3.05, 3.63) is 22.5 Å². The third-order valence-electron chi connectivity index (χ3n) is 1.45. The van der Waals surface area contributed by atoms with E-state index in [9.17, 15) is 4.79 Å². The Morgan fingerprint density at radius 1 is 1.50 bits per heavy atom. The van der Waals surface area contributed by atoms with Gasteiger partial charge in [-0.2, -0.15) is 0 Å². The second-order valence-corrected chi connectivity index (χ2v) is 3.87. The Hall–Kier alpha value is -1.47. The fourth-order valence-corrected chi connectivity index (χ4v) is 2.08. The van der Waals surface area contributed by atoms with Gasteiger partial charge in [0.2, 0.25) is 5.13 Å².